The van der Waals surface area contributed by atoms with Gasteiger partial charge in [0.2, 0.25) is 0 Å². The van der Waals surface area contributed by atoms with E-state index in [1.807, 2.05) is 0 Å². The van der Waals surface area contributed by atoms with E-state index in [-0.39, 0.29) is 5.54 Å². The third kappa shape index (κ3) is 1.24. The van der Waals surface area contributed by atoms with E-state index in [9.17, 15) is 5.11 Å². The number of hydrogen-bond donors (Lipinski definition) is 1. The number of aliphatic hydroxyl groups excluding tert-OH is 1. The van der Waals surface area contributed by atoms with Gasteiger partial charge in [-0.25, -0.2) is 0 Å². The minimum atomic E-state index is 0.188. The average Bonchev–Trinajstić information content (AvgIpc) is 2.16. The zero-order valence-electron chi connectivity index (χ0n) is 10.7. The second kappa shape index (κ2) is 3.21. The van der Waals surface area contributed by atoms with Crippen LogP contribution in [0.1, 0.15) is 33.6 Å². The van der Waals surface area contributed by atoms with E-state index in [2.05, 4.69) is 39.8 Å². The summed E-state index contributed by atoms with van der Waals surface area (Å²) in [7, 11) is 4.33. The zero-order valence-corrected chi connectivity index (χ0v) is 10.7. The summed E-state index contributed by atoms with van der Waals surface area (Å²) in [5.74, 6) is 2.05. The van der Waals surface area contributed by atoms with Crippen LogP contribution in [0, 0.1) is 23.2 Å². The van der Waals surface area contributed by atoms with Crippen molar-refractivity contribution in [2.45, 2.75) is 39.2 Å². The van der Waals surface area contributed by atoms with Crippen molar-refractivity contribution in [3.05, 3.63) is 0 Å². The van der Waals surface area contributed by atoms with Gasteiger partial charge in [-0.2, -0.15) is 0 Å². The molecule has 3 fully saturated rings. The highest BCUT2D eigenvalue weighted by molar-refractivity contribution is 5.15. The Balaban J connectivity index is 2.31. The molecule has 15 heavy (non-hydrogen) atoms. The molecule has 1 N–H and O–H groups in total. The lowest BCUT2D eigenvalue weighted by atomic mass is 9.40. The quantitative estimate of drug-likeness (QED) is 0.755. The second-order valence-electron chi connectivity index (χ2n) is 6.54. The molecule has 0 saturated heterocycles. The minimum absolute atomic E-state index is 0.188. The molecule has 0 unspecified atom stereocenters. The molecule has 0 amide bonds. The highest BCUT2D eigenvalue weighted by atomic mass is 16.3. The molecule has 2 heteroatoms. The molecule has 0 spiro atoms. The molecule has 0 aromatic heterocycles. The van der Waals surface area contributed by atoms with Crippen LogP contribution in [0.5, 0.6) is 0 Å². The molecule has 3 saturated carbocycles. The summed E-state index contributed by atoms with van der Waals surface area (Å²) in [6, 6.07) is 0. The molecular formula is C13H25NO. The highest BCUT2D eigenvalue weighted by Gasteiger charge is 2.63. The van der Waals surface area contributed by atoms with E-state index < -0.39 is 0 Å². The van der Waals surface area contributed by atoms with Gasteiger partial charge in [0.25, 0.3) is 0 Å². The largest absolute Gasteiger partial charge is 0.396 e. The van der Waals surface area contributed by atoms with Crippen molar-refractivity contribution in [3.8, 4) is 0 Å². The van der Waals surface area contributed by atoms with Crippen LogP contribution in [-0.2, 0) is 0 Å². The fourth-order valence-corrected chi connectivity index (χ4v) is 4.21. The van der Waals surface area contributed by atoms with E-state index in [1.54, 1.807) is 0 Å². The monoisotopic (exact) mass is 211 g/mol. The molecule has 3 aliphatic carbocycles. The highest BCUT2D eigenvalue weighted by Crippen LogP contribution is 2.65. The standard InChI is InChI=1S/C13H25NO/c1-12(2)9-6-10(8-15)13(3,14(4)5)11(12)7-9/h9-11,15H,6-8H2,1-5H3/t9-,10+,11+,13-/m0/s1. The zero-order chi connectivity index (χ0) is 11.4. The first-order chi connectivity index (χ1) is 6.85. The molecule has 4 atom stereocenters. The first-order valence-electron chi connectivity index (χ1n) is 6.13. The van der Waals surface area contributed by atoms with Crippen molar-refractivity contribution in [2.75, 3.05) is 20.7 Å². The van der Waals surface area contributed by atoms with Crippen LogP contribution in [0.3, 0.4) is 0 Å². The maximum Gasteiger partial charge on any atom is 0.0477 e. The van der Waals surface area contributed by atoms with Gasteiger partial charge in [-0.15, -0.1) is 0 Å². The lowest BCUT2D eigenvalue weighted by Crippen LogP contribution is -2.69. The van der Waals surface area contributed by atoms with E-state index in [0.717, 1.165) is 11.8 Å². The van der Waals surface area contributed by atoms with Gasteiger partial charge in [-0.1, -0.05) is 13.8 Å². The van der Waals surface area contributed by atoms with Crippen LogP contribution < -0.4 is 0 Å². The first kappa shape index (κ1) is 11.4. The maximum atomic E-state index is 9.56. The summed E-state index contributed by atoms with van der Waals surface area (Å²) < 4.78 is 0. The van der Waals surface area contributed by atoms with Crippen molar-refractivity contribution in [2.24, 2.45) is 23.2 Å². The second-order valence-corrected chi connectivity index (χ2v) is 6.54. The lowest BCUT2D eigenvalue weighted by molar-refractivity contribution is -0.193. The number of nitrogens with zero attached hydrogens (tertiary/aromatic N) is 1. The molecule has 0 radical (unpaired) electrons. The van der Waals surface area contributed by atoms with Crippen LogP contribution in [0.15, 0.2) is 0 Å². The Morgan fingerprint density at radius 2 is 1.80 bits per heavy atom. The molecule has 3 rings (SSSR count). The van der Waals surface area contributed by atoms with Crippen molar-refractivity contribution in [1.82, 2.24) is 4.90 Å². The van der Waals surface area contributed by atoms with Gasteiger partial charge in [0.05, 0.1) is 0 Å². The van der Waals surface area contributed by atoms with Crippen molar-refractivity contribution >= 4 is 0 Å². The van der Waals surface area contributed by atoms with Crippen molar-refractivity contribution in [1.29, 1.82) is 0 Å². The summed E-state index contributed by atoms with van der Waals surface area (Å²) in [4.78, 5) is 2.34. The summed E-state index contributed by atoms with van der Waals surface area (Å²) in [6.45, 7) is 7.50. The Morgan fingerprint density at radius 1 is 1.20 bits per heavy atom. The lowest BCUT2D eigenvalue weighted by Gasteiger charge is -2.68. The molecule has 88 valence electrons. The Hall–Kier alpha value is -0.0800. The Morgan fingerprint density at radius 3 is 2.20 bits per heavy atom. The molecule has 0 aromatic rings. The van der Waals surface area contributed by atoms with Gasteiger partial charge in [0, 0.05) is 18.1 Å². The summed E-state index contributed by atoms with van der Waals surface area (Å²) >= 11 is 0. The van der Waals surface area contributed by atoms with Crippen LogP contribution in [0.2, 0.25) is 0 Å². The molecule has 2 bridgehead atoms. The number of aliphatic hydroxyl groups is 1. The molecule has 3 aliphatic rings. The maximum absolute atomic E-state index is 9.56. The number of fused-ring (bicyclic) bond motifs is 2. The minimum Gasteiger partial charge on any atom is -0.396 e. The van der Waals surface area contributed by atoms with E-state index >= 15 is 0 Å². The van der Waals surface area contributed by atoms with Gasteiger partial charge in [-0.3, -0.25) is 0 Å². The molecule has 0 aliphatic heterocycles. The topological polar surface area (TPSA) is 23.5 Å². The van der Waals surface area contributed by atoms with Crippen molar-refractivity contribution < 1.29 is 5.11 Å². The normalized spacial score (nSPS) is 47.8. The van der Waals surface area contributed by atoms with E-state index in [4.69, 9.17) is 0 Å². The van der Waals surface area contributed by atoms with Crippen LogP contribution >= 0.6 is 0 Å². The third-order valence-electron chi connectivity index (χ3n) is 5.76. The fourth-order valence-electron chi connectivity index (χ4n) is 4.21. The van der Waals surface area contributed by atoms with E-state index in [0.29, 0.717) is 17.9 Å². The third-order valence-corrected chi connectivity index (χ3v) is 5.76. The first-order valence-corrected chi connectivity index (χ1v) is 6.13. The average molecular weight is 211 g/mol. The van der Waals surface area contributed by atoms with Gasteiger partial charge < -0.3 is 10.0 Å². The Bertz CT molecular complexity index is 261. The SMILES string of the molecule is CN(C)[C@@]1(C)[C@@H](CO)C[C@H]2C[C@@H]1C2(C)C. The van der Waals surface area contributed by atoms with Gasteiger partial charge in [-0.05, 0) is 51.1 Å². The van der Waals surface area contributed by atoms with Crippen LogP contribution in [0.25, 0.3) is 0 Å². The number of rotatable bonds is 2. The molecular weight excluding hydrogens is 186 g/mol. The number of hydrogen-bond acceptors (Lipinski definition) is 2. The van der Waals surface area contributed by atoms with Gasteiger partial charge in [0.15, 0.2) is 0 Å². The predicted octanol–water partition coefficient (Wildman–Crippen LogP) is 1.98. The summed E-state index contributed by atoms with van der Waals surface area (Å²) in [6.07, 6.45) is 2.56. The predicted molar refractivity (Wildman–Crippen MR) is 62.7 cm³/mol. The molecule has 2 nitrogen and oxygen atoms in total. The molecule has 0 heterocycles. The summed E-state index contributed by atoms with van der Waals surface area (Å²) in [5.41, 5.74) is 0.664. The Kier molecular flexibility index (Phi) is 2.44. The van der Waals surface area contributed by atoms with Gasteiger partial charge >= 0.3 is 0 Å². The molecule has 0 aromatic carbocycles. The fraction of sp³-hybridized carbons (Fsp3) is 1.00. The van der Waals surface area contributed by atoms with Crippen molar-refractivity contribution in [3.63, 3.8) is 0 Å². The van der Waals surface area contributed by atoms with Gasteiger partial charge in [0.1, 0.15) is 0 Å². The Labute approximate surface area is 93.7 Å². The van der Waals surface area contributed by atoms with Crippen LogP contribution in [0.4, 0.5) is 0 Å². The van der Waals surface area contributed by atoms with Crippen LogP contribution in [-0.4, -0.2) is 36.2 Å². The van der Waals surface area contributed by atoms with E-state index in [1.165, 1.54) is 12.8 Å². The summed E-state index contributed by atoms with van der Waals surface area (Å²) in [5, 5.41) is 9.56. The smallest absolute Gasteiger partial charge is 0.0477 e.